The van der Waals surface area contributed by atoms with Crippen molar-refractivity contribution in [2.45, 2.75) is 12.8 Å². The number of hydrogen-bond acceptors (Lipinski definition) is 3. The number of benzene rings is 2. The van der Waals surface area contributed by atoms with Gasteiger partial charge in [-0.3, -0.25) is 0 Å². The normalized spacial score (nSPS) is 17.8. The summed E-state index contributed by atoms with van der Waals surface area (Å²) in [4.78, 5) is 2.60. The van der Waals surface area contributed by atoms with Gasteiger partial charge in [-0.1, -0.05) is 31.2 Å². The van der Waals surface area contributed by atoms with Crippen molar-refractivity contribution in [3.05, 3.63) is 42.0 Å². The van der Waals surface area contributed by atoms with Crippen LogP contribution in [0.5, 0.6) is 5.75 Å². The minimum absolute atomic E-state index is 0.583. The van der Waals surface area contributed by atoms with Crippen LogP contribution in [0.4, 0.5) is 0 Å². The van der Waals surface area contributed by atoms with E-state index in [0.29, 0.717) is 5.92 Å². The summed E-state index contributed by atoms with van der Waals surface area (Å²) < 4.78 is 5.29. The third kappa shape index (κ3) is 3.53. The van der Waals surface area contributed by atoms with Crippen molar-refractivity contribution in [2.75, 3.05) is 38.2 Å². The fourth-order valence-electron chi connectivity index (χ4n) is 2.95. The molecule has 1 aliphatic heterocycles. The molecule has 1 fully saturated rings. The molecule has 0 aliphatic carbocycles. The molecule has 0 saturated carbocycles. The molecule has 0 N–H and O–H groups in total. The van der Waals surface area contributed by atoms with Crippen LogP contribution in [0.1, 0.15) is 18.4 Å². The lowest BCUT2D eigenvalue weighted by Crippen LogP contribution is -2.35. The van der Waals surface area contributed by atoms with Crippen molar-refractivity contribution in [3.63, 3.8) is 0 Å². The van der Waals surface area contributed by atoms with E-state index in [-0.39, 0.29) is 0 Å². The molecule has 3 heteroatoms. The molecule has 1 unspecified atom stereocenters. The lowest BCUT2D eigenvalue weighted by molar-refractivity contribution is 0.287. The Labute approximate surface area is 131 Å². The van der Waals surface area contributed by atoms with Crippen LogP contribution in [0.15, 0.2) is 36.4 Å². The van der Waals surface area contributed by atoms with Gasteiger partial charge in [-0.05, 0) is 34.4 Å². The van der Waals surface area contributed by atoms with E-state index in [9.17, 15) is 0 Å². The van der Waals surface area contributed by atoms with Crippen molar-refractivity contribution < 1.29 is 4.74 Å². The zero-order valence-electron chi connectivity index (χ0n) is 12.8. The minimum Gasteiger partial charge on any atom is -0.497 e. The van der Waals surface area contributed by atoms with Crippen LogP contribution in [-0.2, 0) is 0 Å². The quantitative estimate of drug-likeness (QED) is 0.847. The molecule has 2 aromatic rings. The Morgan fingerprint density at radius 3 is 2.57 bits per heavy atom. The molecule has 2 nitrogen and oxygen atoms in total. The molecule has 2 aromatic carbocycles. The summed E-state index contributed by atoms with van der Waals surface area (Å²) in [6.07, 6.45) is 0. The first-order chi connectivity index (χ1) is 10.3. The summed E-state index contributed by atoms with van der Waals surface area (Å²) in [6, 6.07) is 13.1. The number of hydrogen-bond donors (Lipinski definition) is 0. The van der Waals surface area contributed by atoms with Crippen LogP contribution < -0.4 is 4.74 Å². The monoisotopic (exact) mass is 301 g/mol. The van der Waals surface area contributed by atoms with E-state index in [4.69, 9.17) is 4.74 Å². The van der Waals surface area contributed by atoms with Gasteiger partial charge in [0.05, 0.1) is 7.11 Å². The van der Waals surface area contributed by atoms with Gasteiger partial charge in [-0.25, -0.2) is 0 Å². The summed E-state index contributed by atoms with van der Waals surface area (Å²) in [5.74, 6) is 4.07. The van der Waals surface area contributed by atoms with Gasteiger partial charge in [-0.2, -0.15) is 11.8 Å². The highest BCUT2D eigenvalue weighted by Crippen LogP contribution is 2.26. The van der Waals surface area contributed by atoms with Crippen LogP contribution in [0.2, 0.25) is 0 Å². The molecular weight excluding hydrogens is 278 g/mol. The highest BCUT2D eigenvalue weighted by atomic mass is 32.2. The maximum absolute atomic E-state index is 5.29. The minimum atomic E-state index is 0.583. The highest BCUT2D eigenvalue weighted by molar-refractivity contribution is 7.99. The van der Waals surface area contributed by atoms with Gasteiger partial charge < -0.3 is 9.64 Å². The molecule has 21 heavy (non-hydrogen) atoms. The lowest BCUT2D eigenvalue weighted by atomic mass is 9.97. The van der Waals surface area contributed by atoms with Gasteiger partial charge in [0.25, 0.3) is 0 Å². The fourth-order valence-corrected chi connectivity index (χ4v) is 3.93. The first-order valence-electron chi connectivity index (χ1n) is 7.64. The van der Waals surface area contributed by atoms with E-state index >= 15 is 0 Å². The van der Waals surface area contributed by atoms with E-state index in [1.807, 2.05) is 6.07 Å². The first kappa shape index (κ1) is 14.7. The Morgan fingerprint density at radius 1 is 1.10 bits per heavy atom. The van der Waals surface area contributed by atoms with Crippen LogP contribution in [-0.4, -0.2) is 43.1 Å². The smallest absolute Gasteiger partial charge is 0.119 e. The molecule has 3 rings (SSSR count). The largest absolute Gasteiger partial charge is 0.497 e. The van der Waals surface area contributed by atoms with Gasteiger partial charge in [0.15, 0.2) is 0 Å². The Balaban J connectivity index is 1.76. The van der Waals surface area contributed by atoms with Gasteiger partial charge in [0.1, 0.15) is 5.75 Å². The number of thioether (sulfide) groups is 1. The van der Waals surface area contributed by atoms with Crippen molar-refractivity contribution in [1.29, 1.82) is 0 Å². The summed E-state index contributed by atoms with van der Waals surface area (Å²) in [5.41, 5.74) is 1.44. The lowest BCUT2D eigenvalue weighted by Gasteiger charge is -2.29. The molecular formula is C18H23NOS. The Hall–Kier alpha value is -1.19. The van der Waals surface area contributed by atoms with E-state index in [1.54, 1.807) is 7.11 Å². The maximum atomic E-state index is 5.29. The number of ether oxygens (including phenoxy) is 1. The second-order valence-electron chi connectivity index (χ2n) is 5.79. The predicted octanol–water partition coefficient (Wildman–Crippen LogP) is 4.00. The molecule has 1 heterocycles. The van der Waals surface area contributed by atoms with Crippen molar-refractivity contribution in [1.82, 2.24) is 4.90 Å². The molecule has 0 radical (unpaired) electrons. The Kier molecular flexibility index (Phi) is 4.71. The molecule has 1 atom stereocenters. The zero-order valence-corrected chi connectivity index (χ0v) is 13.7. The number of rotatable bonds is 4. The summed E-state index contributed by atoms with van der Waals surface area (Å²) in [7, 11) is 1.72. The van der Waals surface area contributed by atoms with Gasteiger partial charge in [-0.15, -0.1) is 0 Å². The van der Waals surface area contributed by atoms with E-state index in [2.05, 4.69) is 53.9 Å². The summed E-state index contributed by atoms with van der Waals surface area (Å²) >= 11 is 2.07. The SMILES string of the molecule is COc1ccc2cc(C(C)CN3CCSCC3)ccc2c1. The molecule has 1 aliphatic rings. The third-order valence-electron chi connectivity index (χ3n) is 4.28. The average molecular weight is 301 g/mol. The Morgan fingerprint density at radius 2 is 1.81 bits per heavy atom. The van der Waals surface area contributed by atoms with Crippen molar-refractivity contribution >= 4 is 22.5 Å². The third-order valence-corrected chi connectivity index (χ3v) is 5.22. The van der Waals surface area contributed by atoms with Crippen LogP contribution >= 0.6 is 11.8 Å². The van der Waals surface area contributed by atoms with E-state index in [1.165, 1.54) is 47.5 Å². The van der Waals surface area contributed by atoms with E-state index < -0.39 is 0 Å². The zero-order chi connectivity index (χ0) is 14.7. The molecule has 0 amide bonds. The van der Waals surface area contributed by atoms with Gasteiger partial charge >= 0.3 is 0 Å². The first-order valence-corrected chi connectivity index (χ1v) is 8.79. The average Bonchev–Trinajstić information content (AvgIpc) is 2.54. The van der Waals surface area contributed by atoms with Gasteiger partial charge in [0, 0.05) is 31.1 Å². The van der Waals surface area contributed by atoms with Crippen LogP contribution in [0.25, 0.3) is 10.8 Å². The number of methoxy groups -OCH3 is 1. The number of nitrogens with zero attached hydrogens (tertiary/aromatic N) is 1. The molecule has 0 bridgehead atoms. The fraction of sp³-hybridized carbons (Fsp3) is 0.444. The molecule has 1 saturated heterocycles. The predicted molar refractivity (Wildman–Crippen MR) is 92.7 cm³/mol. The summed E-state index contributed by atoms with van der Waals surface area (Å²) in [5, 5.41) is 2.55. The molecule has 0 aromatic heterocycles. The van der Waals surface area contributed by atoms with Crippen molar-refractivity contribution in [3.8, 4) is 5.75 Å². The molecule has 112 valence electrons. The number of fused-ring (bicyclic) bond motifs is 1. The second kappa shape index (κ2) is 6.71. The summed E-state index contributed by atoms with van der Waals surface area (Å²) in [6.45, 7) is 5.98. The van der Waals surface area contributed by atoms with Crippen LogP contribution in [0.3, 0.4) is 0 Å². The Bertz CT molecular complexity index is 607. The topological polar surface area (TPSA) is 12.5 Å². The second-order valence-corrected chi connectivity index (χ2v) is 7.01. The standard InChI is InChI=1S/C18H23NOS/c1-14(13-19-7-9-21-10-8-19)15-3-4-17-12-18(20-2)6-5-16(17)11-15/h3-6,11-12,14H,7-10,13H2,1-2H3. The maximum Gasteiger partial charge on any atom is 0.119 e. The van der Waals surface area contributed by atoms with Crippen LogP contribution in [0, 0.1) is 0 Å². The molecule has 0 spiro atoms. The van der Waals surface area contributed by atoms with Gasteiger partial charge in [0.2, 0.25) is 0 Å². The van der Waals surface area contributed by atoms with Crippen molar-refractivity contribution in [2.24, 2.45) is 0 Å². The highest BCUT2D eigenvalue weighted by Gasteiger charge is 2.15. The van der Waals surface area contributed by atoms with E-state index in [0.717, 1.165) is 5.75 Å².